The Morgan fingerprint density at radius 3 is 2.74 bits per heavy atom. The lowest BCUT2D eigenvalue weighted by atomic mass is 9.91. The van der Waals surface area contributed by atoms with Gasteiger partial charge in [0.15, 0.2) is 0 Å². The number of nitrogens with one attached hydrogen (secondary N) is 1. The Kier molecular flexibility index (Phi) is 4.71. The third-order valence-corrected chi connectivity index (χ3v) is 4.28. The minimum absolute atomic E-state index is 0.123. The lowest BCUT2D eigenvalue weighted by molar-refractivity contribution is 0.0433. The molecule has 1 aliphatic heterocycles. The molecular weight excluding hydrogens is 285 g/mol. The molecule has 0 unspecified atom stereocenters. The van der Waals surface area contributed by atoms with Gasteiger partial charge in [0.1, 0.15) is 0 Å². The van der Waals surface area contributed by atoms with Crippen molar-refractivity contribution in [3.63, 3.8) is 0 Å². The molecule has 1 heterocycles. The van der Waals surface area contributed by atoms with Crippen LogP contribution in [0.3, 0.4) is 0 Å². The van der Waals surface area contributed by atoms with Crippen LogP contribution in [0.1, 0.15) is 28.8 Å². The summed E-state index contributed by atoms with van der Waals surface area (Å²) in [7, 11) is 0. The molecule has 1 aromatic rings. The highest BCUT2D eigenvalue weighted by Crippen LogP contribution is 2.24. The van der Waals surface area contributed by atoms with Crippen LogP contribution in [0.2, 0.25) is 5.02 Å². The number of hydrogen-bond acceptors (Lipinski definition) is 2. The molecule has 1 N–H and O–H groups in total. The summed E-state index contributed by atoms with van der Waals surface area (Å²) >= 11 is 12.0. The summed E-state index contributed by atoms with van der Waals surface area (Å²) < 4.78 is 5.33. The number of rotatable bonds is 3. The second-order valence-corrected chi connectivity index (χ2v) is 5.64. The highest BCUT2D eigenvalue weighted by atomic mass is 35.5. The quantitative estimate of drug-likeness (QED) is 0.871. The molecule has 0 spiro atoms. The van der Waals surface area contributed by atoms with Crippen molar-refractivity contribution in [2.24, 2.45) is 0 Å². The van der Waals surface area contributed by atoms with Gasteiger partial charge in [0.25, 0.3) is 5.91 Å². The van der Waals surface area contributed by atoms with Crippen LogP contribution in [0.5, 0.6) is 0 Å². The fourth-order valence-electron chi connectivity index (χ4n) is 2.20. The molecule has 0 aliphatic carbocycles. The van der Waals surface area contributed by atoms with E-state index in [0.717, 1.165) is 18.4 Å². The monoisotopic (exact) mass is 301 g/mol. The lowest BCUT2D eigenvalue weighted by Gasteiger charge is -2.36. The van der Waals surface area contributed by atoms with Gasteiger partial charge in [-0.3, -0.25) is 4.79 Å². The second-order valence-electron chi connectivity index (χ2n) is 4.94. The zero-order chi connectivity index (χ0) is 13.9. The van der Waals surface area contributed by atoms with E-state index in [-0.39, 0.29) is 11.4 Å². The topological polar surface area (TPSA) is 38.3 Å². The van der Waals surface area contributed by atoms with Crippen LogP contribution in [-0.2, 0) is 4.74 Å². The SMILES string of the molecule is Cc1ccc(Cl)cc1C(=O)NC1(CCl)CCOCC1. The number of hydrogen-bond donors (Lipinski definition) is 1. The van der Waals surface area contributed by atoms with E-state index < -0.39 is 0 Å². The van der Waals surface area contributed by atoms with E-state index in [2.05, 4.69) is 5.32 Å². The minimum Gasteiger partial charge on any atom is -0.381 e. The number of benzene rings is 1. The van der Waals surface area contributed by atoms with Crippen molar-refractivity contribution >= 4 is 29.1 Å². The smallest absolute Gasteiger partial charge is 0.252 e. The van der Waals surface area contributed by atoms with Crippen LogP contribution in [0.25, 0.3) is 0 Å². The molecule has 1 amide bonds. The molecule has 5 heteroatoms. The summed E-state index contributed by atoms with van der Waals surface area (Å²) in [5.41, 5.74) is 1.13. The van der Waals surface area contributed by atoms with Gasteiger partial charge >= 0.3 is 0 Å². The van der Waals surface area contributed by atoms with Gasteiger partial charge in [0, 0.05) is 29.7 Å². The first-order valence-electron chi connectivity index (χ1n) is 6.29. The third kappa shape index (κ3) is 3.41. The summed E-state index contributed by atoms with van der Waals surface area (Å²) in [5.74, 6) is 0.268. The first-order valence-corrected chi connectivity index (χ1v) is 7.20. The van der Waals surface area contributed by atoms with E-state index >= 15 is 0 Å². The first-order chi connectivity index (χ1) is 9.06. The molecule has 2 rings (SSSR count). The highest BCUT2D eigenvalue weighted by Gasteiger charge is 2.33. The molecule has 19 heavy (non-hydrogen) atoms. The van der Waals surface area contributed by atoms with Crippen LogP contribution < -0.4 is 5.32 Å². The Morgan fingerprint density at radius 1 is 1.42 bits per heavy atom. The number of carbonyl (C=O) groups excluding carboxylic acids is 1. The molecule has 0 radical (unpaired) electrons. The van der Waals surface area contributed by atoms with Crippen molar-refractivity contribution in [2.75, 3.05) is 19.1 Å². The van der Waals surface area contributed by atoms with Gasteiger partial charge in [-0.2, -0.15) is 0 Å². The van der Waals surface area contributed by atoms with E-state index in [1.165, 1.54) is 0 Å². The van der Waals surface area contributed by atoms with Crippen molar-refractivity contribution in [2.45, 2.75) is 25.3 Å². The predicted molar refractivity (Wildman–Crippen MR) is 77.2 cm³/mol. The minimum atomic E-state index is -0.369. The van der Waals surface area contributed by atoms with Crippen molar-refractivity contribution in [1.82, 2.24) is 5.32 Å². The maximum Gasteiger partial charge on any atom is 0.252 e. The third-order valence-electron chi connectivity index (χ3n) is 3.53. The van der Waals surface area contributed by atoms with Gasteiger partial charge in [0.05, 0.1) is 5.54 Å². The van der Waals surface area contributed by atoms with Crippen LogP contribution in [0.15, 0.2) is 18.2 Å². The van der Waals surface area contributed by atoms with E-state index in [1.807, 2.05) is 13.0 Å². The average molecular weight is 302 g/mol. The van der Waals surface area contributed by atoms with Crippen LogP contribution >= 0.6 is 23.2 Å². The Labute approximate surface area is 123 Å². The summed E-state index contributed by atoms with van der Waals surface area (Å²) in [6.07, 6.45) is 1.48. The number of amides is 1. The molecule has 1 fully saturated rings. The van der Waals surface area contributed by atoms with Gasteiger partial charge in [-0.15, -0.1) is 11.6 Å². The van der Waals surface area contributed by atoms with Gasteiger partial charge in [-0.25, -0.2) is 0 Å². The summed E-state index contributed by atoms with van der Waals surface area (Å²) in [6, 6.07) is 5.31. The Bertz CT molecular complexity index is 471. The van der Waals surface area contributed by atoms with E-state index in [9.17, 15) is 4.79 Å². The number of ether oxygens (including phenoxy) is 1. The van der Waals surface area contributed by atoms with Gasteiger partial charge in [0.2, 0.25) is 0 Å². The molecule has 1 aromatic carbocycles. The number of alkyl halides is 1. The normalized spacial score (nSPS) is 18.1. The van der Waals surface area contributed by atoms with Crippen molar-refractivity contribution < 1.29 is 9.53 Å². The fraction of sp³-hybridized carbons (Fsp3) is 0.500. The number of aryl methyl sites for hydroxylation is 1. The molecule has 1 aliphatic rings. The highest BCUT2D eigenvalue weighted by molar-refractivity contribution is 6.31. The molecule has 0 aromatic heterocycles. The largest absolute Gasteiger partial charge is 0.381 e. The Balaban J connectivity index is 2.17. The van der Waals surface area contributed by atoms with Crippen LogP contribution in [0.4, 0.5) is 0 Å². The van der Waals surface area contributed by atoms with Crippen molar-refractivity contribution in [3.05, 3.63) is 34.3 Å². The molecule has 0 saturated carbocycles. The maximum atomic E-state index is 12.4. The molecule has 0 bridgehead atoms. The Hall–Kier alpha value is -0.770. The van der Waals surface area contributed by atoms with E-state index in [1.54, 1.807) is 12.1 Å². The zero-order valence-electron chi connectivity index (χ0n) is 10.8. The van der Waals surface area contributed by atoms with Crippen molar-refractivity contribution in [1.29, 1.82) is 0 Å². The zero-order valence-corrected chi connectivity index (χ0v) is 12.4. The first kappa shape index (κ1) is 14.6. The van der Waals surface area contributed by atoms with Gasteiger partial charge < -0.3 is 10.1 Å². The fourth-order valence-corrected chi connectivity index (χ4v) is 2.71. The van der Waals surface area contributed by atoms with Crippen molar-refractivity contribution in [3.8, 4) is 0 Å². The molecule has 104 valence electrons. The Morgan fingerprint density at radius 2 is 2.11 bits per heavy atom. The summed E-state index contributed by atoms with van der Waals surface area (Å²) in [4.78, 5) is 12.4. The van der Waals surface area contributed by atoms with Gasteiger partial charge in [-0.1, -0.05) is 17.7 Å². The predicted octanol–water partition coefficient (Wildman–Crippen LogP) is 3.17. The molecule has 3 nitrogen and oxygen atoms in total. The van der Waals surface area contributed by atoms with Crippen LogP contribution in [0, 0.1) is 6.92 Å². The molecule has 1 saturated heterocycles. The number of halogens is 2. The summed E-state index contributed by atoms with van der Waals surface area (Å²) in [5, 5.41) is 3.61. The standard InChI is InChI=1S/C14H17Cl2NO2/c1-10-2-3-11(16)8-12(10)13(18)17-14(9-15)4-6-19-7-5-14/h2-3,8H,4-7,9H2,1H3,(H,17,18). The molecule has 0 atom stereocenters. The summed E-state index contributed by atoms with van der Waals surface area (Å²) in [6.45, 7) is 3.14. The number of carbonyl (C=O) groups is 1. The lowest BCUT2D eigenvalue weighted by Crippen LogP contribution is -2.53. The second kappa shape index (κ2) is 6.12. The maximum absolute atomic E-state index is 12.4. The van der Waals surface area contributed by atoms with Gasteiger partial charge in [-0.05, 0) is 37.5 Å². The average Bonchev–Trinajstić information content (AvgIpc) is 2.42. The van der Waals surface area contributed by atoms with E-state index in [0.29, 0.717) is 29.7 Å². The molecular formula is C14H17Cl2NO2. The van der Waals surface area contributed by atoms with E-state index in [4.69, 9.17) is 27.9 Å². The van der Waals surface area contributed by atoms with Crippen LogP contribution in [-0.4, -0.2) is 30.5 Å².